The SMILES string of the molecule is CN(C)CCCN(c1cccc(N/C(=C2\C(=O)Nc3ccccc32)c2ccc(CN)cc2)c1)S(C)(=O)=O. The van der Waals surface area contributed by atoms with Gasteiger partial charge in [0.1, 0.15) is 0 Å². The zero-order chi connectivity index (χ0) is 26.6. The van der Waals surface area contributed by atoms with E-state index in [1.807, 2.05) is 79.7 Å². The average molecular weight is 520 g/mol. The fourth-order valence-electron chi connectivity index (χ4n) is 4.35. The maximum atomic E-state index is 13.1. The molecule has 1 amide bonds. The number of para-hydroxylation sites is 1. The van der Waals surface area contributed by atoms with Crippen LogP contribution in [-0.2, 0) is 21.4 Å². The average Bonchev–Trinajstić information content (AvgIpc) is 3.20. The Bertz CT molecular complexity index is 1420. The van der Waals surface area contributed by atoms with Crippen molar-refractivity contribution < 1.29 is 13.2 Å². The Hall–Kier alpha value is -3.66. The summed E-state index contributed by atoms with van der Waals surface area (Å²) < 4.78 is 26.7. The second kappa shape index (κ2) is 11.2. The highest BCUT2D eigenvalue weighted by molar-refractivity contribution is 7.92. The fourth-order valence-corrected chi connectivity index (χ4v) is 5.31. The fraction of sp³-hybridized carbons (Fsp3) is 0.250. The molecule has 1 aliphatic heterocycles. The van der Waals surface area contributed by atoms with Crippen LogP contribution < -0.4 is 20.7 Å². The van der Waals surface area contributed by atoms with Gasteiger partial charge in [0.15, 0.2) is 0 Å². The van der Waals surface area contributed by atoms with Crippen LogP contribution in [0.1, 0.15) is 23.1 Å². The summed E-state index contributed by atoms with van der Waals surface area (Å²) in [7, 11) is 0.434. The first-order chi connectivity index (χ1) is 17.7. The minimum absolute atomic E-state index is 0.204. The van der Waals surface area contributed by atoms with Crippen molar-refractivity contribution in [2.75, 3.05) is 48.4 Å². The Morgan fingerprint density at radius 3 is 2.38 bits per heavy atom. The zero-order valence-corrected chi connectivity index (χ0v) is 22.2. The highest BCUT2D eigenvalue weighted by Gasteiger charge is 2.28. The molecule has 0 saturated heterocycles. The standard InChI is InChI=1S/C28H33N5O3S/c1-32(2)16-7-17-33(37(3,35)36)23-9-6-8-22(18-23)30-27(21-14-12-20(19-29)13-15-21)26-24-10-4-5-11-25(24)31-28(26)34/h4-6,8-15,18,30H,7,16-17,19,29H2,1-3H3,(H,31,34)/b27-26-. The van der Waals surface area contributed by atoms with Crippen molar-refractivity contribution >= 4 is 44.3 Å². The minimum Gasteiger partial charge on any atom is -0.354 e. The van der Waals surface area contributed by atoms with E-state index < -0.39 is 10.0 Å². The molecule has 0 aromatic heterocycles. The van der Waals surface area contributed by atoms with Crippen LogP contribution in [0.25, 0.3) is 11.3 Å². The zero-order valence-electron chi connectivity index (χ0n) is 21.4. The molecule has 0 atom stereocenters. The summed E-state index contributed by atoms with van der Waals surface area (Å²) in [6.07, 6.45) is 1.91. The summed E-state index contributed by atoms with van der Waals surface area (Å²) in [5.41, 5.74) is 11.5. The number of rotatable bonds is 10. The first-order valence-corrected chi connectivity index (χ1v) is 14.0. The van der Waals surface area contributed by atoms with Crippen LogP contribution in [-0.4, -0.2) is 52.7 Å². The van der Waals surface area contributed by atoms with Gasteiger partial charge in [-0.05, 0) is 62.5 Å². The van der Waals surface area contributed by atoms with Crippen LogP contribution in [0.4, 0.5) is 17.1 Å². The van der Waals surface area contributed by atoms with Gasteiger partial charge in [-0.2, -0.15) is 0 Å². The largest absolute Gasteiger partial charge is 0.354 e. The summed E-state index contributed by atoms with van der Waals surface area (Å²) in [6, 6.07) is 22.5. The van der Waals surface area contributed by atoms with Crippen LogP contribution >= 0.6 is 0 Å². The van der Waals surface area contributed by atoms with Gasteiger partial charge in [-0.15, -0.1) is 0 Å². The van der Waals surface area contributed by atoms with Crippen LogP contribution in [0, 0.1) is 0 Å². The molecule has 3 aromatic carbocycles. The van der Waals surface area contributed by atoms with E-state index >= 15 is 0 Å². The number of hydrogen-bond acceptors (Lipinski definition) is 6. The number of sulfonamides is 1. The lowest BCUT2D eigenvalue weighted by Gasteiger charge is -2.24. The topological polar surface area (TPSA) is 108 Å². The lowest BCUT2D eigenvalue weighted by molar-refractivity contribution is -0.110. The number of anilines is 3. The summed E-state index contributed by atoms with van der Waals surface area (Å²) in [6.45, 7) is 1.55. The number of hydrogen-bond donors (Lipinski definition) is 3. The molecule has 0 radical (unpaired) electrons. The highest BCUT2D eigenvalue weighted by atomic mass is 32.2. The molecular weight excluding hydrogens is 486 g/mol. The van der Waals surface area contributed by atoms with Gasteiger partial charge in [0.05, 0.1) is 23.2 Å². The first kappa shape index (κ1) is 26.4. The Morgan fingerprint density at radius 1 is 0.973 bits per heavy atom. The van der Waals surface area contributed by atoms with E-state index in [1.165, 1.54) is 10.6 Å². The van der Waals surface area contributed by atoms with E-state index in [2.05, 4.69) is 10.6 Å². The molecule has 0 spiro atoms. The number of nitrogens with zero attached hydrogens (tertiary/aromatic N) is 2. The van der Waals surface area contributed by atoms with Gasteiger partial charge >= 0.3 is 0 Å². The number of amides is 1. The van der Waals surface area contributed by atoms with Crippen molar-refractivity contribution in [3.05, 3.63) is 89.5 Å². The molecule has 0 fully saturated rings. The third kappa shape index (κ3) is 6.19. The molecule has 1 aliphatic rings. The van der Waals surface area contributed by atoms with Gasteiger partial charge < -0.3 is 21.3 Å². The lowest BCUT2D eigenvalue weighted by atomic mass is 9.99. The van der Waals surface area contributed by atoms with Gasteiger partial charge in [0.2, 0.25) is 10.0 Å². The predicted octanol–water partition coefficient (Wildman–Crippen LogP) is 3.80. The van der Waals surface area contributed by atoms with Crippen molar-refractivity contribution in [3.63, 3.8) is 0 Å². The molecule has 37 heavy (non-hydrogen) atoms. The van der Waals surface area contributed by atoms with E-state index in [4.69, 9.17) is 5.73 Å². The molecular formula is C28H33N5O3S. The van der Waals surface area contributed by atoms with Gasteiger partial charge in [-0.1, -0.05) is 48.5 Å². The highest BCUT2D eigenvalue weighted by Crippen LogP contribution is 2.37. The van der Waals surface area contributed by atoms with Crippen molar-refractivity contribution in [2.45, 2.75) is 13.0 Å². The van der Waals surface area contributed by atoms with Crippen molar-refractivity contribution in [2.24, 2.45) is 5.73 Å². The quantitative estimate of drug-likeness (QED) is 0.352. The Labute approximate surface area is 218 Å². The van der Waals surface area contributed by atoms with Crippen LogP contribution in [0.5, 0.6) is 0 Å². The maximum absolute atomic E-state index is 13.1. The number of nitrogens with one attached hydrogen (secondary N) is 2. The molecule has 0 bridgehead atoms. The monoisotopic (exact) mass is 519 g/mol. The van der Waals surface area contributed by atoms with Crippen LogP contribution in [0.3, 0.4) is 0 Å². The third-order valence-corrected chi connectivity index (χ3v) is 7.36. The Morgan fingerprint density at radius 2 is 1.70 bits per heavy atom. The molecule has 4 rings (SSSR count). The second-order valence-corrected chi connectivity index (χ2v) is 11.2. The minimum atomic E-state index is -3.49. The number of fused-ring (bicyclic) bond motifs is 1. The molecule has 1 heterocycles. The first-order valence-electron chi connectivity index (χ1n) is 12.1. The number of carbonyl (C=O) groups is 1. The molecule has 0 unspecified atom stereocenters. The molecule has 4 N–H and O–H groups in total. The Balaban J connectivity index is 1.76. The van der Waals surface area contributed by atoms with E-state index in [-0.39, 0.29) is 5.91 Å². The number of nitrogens with two attached hydrogens (primary N) is 1. The predicted molar refractivity (Wildman–Crippen MR) is 152 cm³/mol. The van der Waals surface area contributed by atoms with Gasteiger partial charge in [-0.25, -0.2) is 8.42 Å². The van der Waals surface area contributed by atoms with Crippen LogP contribution in [0.2, 0.25) is 0 Å². The summed E-state index contributed by atoms with van der Waals surface area (Å²) >= 11 is 0. The normalized spacial score (nSPS) is 14.4. The Kier molecular flexibility index (Phi) is 7.97. The molecule has 8 nitrogen and oxygen atoms in total. The van der Waals surface area contributed by atoms with E-state index in [1.54, 1.807) is 12.1 Å². The van der Waals surface area contributed by atoms with E-state index in [0.717, 1.165) is 28.9 Å². The van der Waals surface area contributed by atoms with Gasteiger partial charge in [0.25, 0.3) is 5.91 Å². The molecule has 3 aromatic rings. The number of carbonyl (C=O) groups excluding carboxylic acids is 1. The summed E-state index contributed by atoms with van der Waals surface area (Å²) in [4.78, 5) is 15.1. The van der Waals surface area contributed by atoms with Crippen molar-refractivity contribution in [3.8, 4) is 0 Å². The summed E-state index contributed by atoms with van der Waals surface area (Å²) in [5.74, 6) is -0.204. The van der Waals surface area contributed by atoms with Gasteiger partial charge in [-0.3, -0.25) is 9.10 Å². The smallest absolute Gasteiger partial charge is 0.258 e. The third-order valence-electron chi connectivity index (χ3n) is 6.17. The van der Waals surface area contributed by atoms with Crippen LogP contribution in [0.15, 0.2) is 72.8 Å². The second-order valence-electron chi connectivity index (χ2n) is 9.32. The molecule has 0 saturated carbocycles. The van der Waals surface area contributed by atoms with E-state index in [9.17, 15) is 13.2 Å². The number of benzene rings is 3. The molecule has 0 aliphatic carbocycles. The molecule has 194 valence electrons. The van der Waals surface area contributed by atoms with E-state index in [0.29, 0.717) is 42.2 Å². The van der Waals surface area contributed by atoms with Crippen molar-refractivity contribution in [1.29, 1.82) is 0 Å². The maximum Gasteiger partial charge on any atom is 0.258 e. The van der Waals surface area contributed by atoms with Gasteiger partial charge in [0, 0.05) is 30.0 Å². The molecule has 9 heteroatoms. The lowest BCUT2D eigenvalue weighted by Crippen LogP contribution is -2.32. The summed E-state index contributed by atoms with van der Waals surface area (Å²) in [5, 5.41) is 6.36. The van der Waals surface area contributed by atoms with Crippen molar-refractivity contribution in [1.82, 2.24) is 4.90 Å².